The number of benzene rings is 2. The number of hydrogen-bond acceptors (Lipinski definition) is 3. The van der Waals surface area contributed by atoms with Gasteiger partial charge in [-0.25, -0.2) is 8.42 Å². The van der Waals surface area contributed by atoms with Crippen molar-refractivity contribution in [3.63, 3.8) is 0 Å². The summed E-state index contributed by atoms with van der Waals surface area (Å²) in [6.07, 6.45) is 1.57. The molecule has 0 spiro atoms. The van der Waals surface area contributed by atoms with Gasteiger partial charge in [0, 0.05) is 0 Å². The minimum absolute atomic E-state index is 0.123. The van der Waals surface area contributed by atoms with Crippen molar-refractivity contribution in [3.8, 4) is 0 Å². The van der Waals surface area contributed by atoms with Gasteiger partial charge in [0.05, 0.1) is 17.3 Å². The molecule has 0 aliphatic heterocycles. The molecule has 2 rings (SSSR count). The second-order valence-corrected chi connectivity index (χ2v) is 6.38. The summed E-state index contributed by atoms with van der Waals surface area (Å²) in [6.45, 7) is -0.186. The Labute approximate surface area is 119 Å². The highest BCUT2D eigenvalue weighted by atomic mass is 32.2. The van der Waals surface area contributed by atoms with E-state index in [9.17, 15) is 13.5 Å². The molecule has 0 unspecified atom stereocenters. The lowest BCUT2D eigenvalue weighted by Crippen LogP contribution is -2.05. The molecule has 20 heavy (non-hydrogen) atoms. The first-order chi connectivity index (χ1) is 9.63. The van der Waals surface area contributed by atoms with Crippen LogP contribution in [0, 0.1) is 0 Å². The molecule has 0 amide bonds. The molecule has 4 heteroatoms. The Kier molecular flexibility index (Phi) is 4.71. The molecule has 0 bridgehead atoms. The predicted molar refractivity (Wildman–Crippen MR) is 80.0 cm³/mol. The van der Waals surface area contributed by atoms with Crippen LogP contribution in [-0.4, -0.2) is 25.9 Å². The zero-order chi connectivity index (χ0) is 14.4. The quantitative estimate of drug-likeness (QED) is 0.920. The molecule has 0 radical (unpaired) electrons. The van der Waals surface area contributed by atoms with Crippen molar-refractivity contribution in [2.45, 2.75) is 4.90 Å². The molecule has 104 valence electrons. The number of hydrogen-bond donors (Lipinski definition) is 1. The van der Waals surface area contributed by atoms with Crippen LogP contribution in [0.4, 0.5) is 0 Å². The maximum Gasteiger partial charge on any atom is 0.181 e. The van der Waals surface area contributed by atoms with Gasteiger partial charge in [0.2, 0.25) is 0 Å². The third-order valence-electron chi connectivity index (χ3n) is 2.97. The minimum Gasteiger partial charge on any atom is -0.392 e. The third-order valence-corrected chi connectivity index (χ3v) is 4.56. The fraction of sp³-hybridized carbons (Fsp3) is 0.125. The molecular weight excluding hydrogens is 272 g/mol. The first-order valence-corrected chi connectivity index (χ1v) is 7.92. The van der Waals surface area contributed by atoms with Crippen LogP contribution in [0.15, 0.2) is 71.6 Å². The van der Waals surface area contributed by atoms with Crippen molar-refractivity contribution in [2.75, 3.05) is 12.4 Å². The van der Waals surface area contributed by atoms with Crippen molar-refractivity contribution < 1.29 is 13.5 Å². The van der Waals surface area contributed by atoms with Crippen molar-refractivity contribution in [2.24, 2.45) is 0 Å². The molecule has 1 N–H and O–H groups in total. The Morgan fingerprint density at radius 1 is 0.950 bits per heavy atom. The average molecular weight is 288 g/mol. The molecule has 0 aliphatic rings. The van der Waals surface area contributed by atoms with Gasteiger partial charge in [-0.05, 0) is 23.3 Å². The van der Waals surface area contributed by atoms with Crippen LogP contribution in [0.5, 0.6) is 0 Å². The summed E-state index contributed by atoms with van der Waals surface area (Å²) in [7, 11) is -3.36. The highest BCUT2D eigenvalue weighted by Gasteiger charge is 2.12. The summed E-state index contributed by atoms with van der Waals surface area (Å²) in [5, 5.41) is 9.38. The molecule has 0 atom stereocenters. The van der Waals surface area contributed by atoms with Crippen LogP contribution in [0.3, 0.4) is 0 Å². The third kappa shape index (κ3) is 3.56. The molecule has 2 aromatic rings. The zero-order valence-electron chi connectivity index (χ0n) is 10.9. The lowest BCUT2D eigenvalue weighted by atomic mass is 10.1. The highest BCUT2D eigenvalue weighted by molar-refractivity contribution is 7.91. The van der Waals surface area contributed by atoms with Crippen LogP contribution in [0.25, 0.3) is 5.57 Å². The second-order valence-electron chi connectivity index (χ2n) is 4.35. The smallest absolute Gasteiger partial charge is 0.181 e. The molecule has 0 aliphatic carbocycles. The number of rotatable bonds is 5. The molecule has 0 saturated carbocycles. The molecule has 0 fully saturated rings. The molecular formula is C16H16O3S. The SMILES string of the molecule is O=S(=O)(C/C=C(\CO)c1ccccc1)c1ccccc1. The summed E-state index contributed by atoms with van der Waals surface area (Å²) >= 11 is 0. The topological polar surface area (TPSA) is 54.4 Å². The van der Waals surface area contributed by atoms with Gasteiger partial charge in [0.15, 0.2) is 9.84 Å². The Morgan fingerprint density at radius 2 is 1.50 bits per heavy atom. The number of aliphatic hydroxyl groups is 1. The lowest BCUT2D eigenvalue weighted by molar-refractivity contribution is 0.350. The van der Waals surface area contributed by atoms with Crippen LogP contribution in [0.2, 0.25) is 0 Å². The van der Waals surface area contributed by atoms with Crippen LogP contribution in [0.1, 0.15) is 5.56 Å². The Balaban J connectivity index is 2.23. The van der Waals surface area contributed by atoms with E-state index >= 15 is 0 Å². The van der Waals surface area contributed by atoms with Crippen molar-refractivity contribution in [1.29, 1.82) is 0 Å². The summed E-state index contributed by atoms with van der Waals surface area (Å²) in [5.74, 6) is -0.123. The maximum atomic E-state index is 12.2. The molecule has 3 nitrogen and oxygen atoms in total. The van der Waals surface area contributed by atoms with Gasteiger partial charge in [0.25, 0.3) is 0 Å². The largest absolute Gasteiger partial charge is 0.392 e. The van der Waals surface area contributed by atoms with Crippen LogP contribution in [-0.2, 0) is 9.84 Å². The van der Waals surface area contributed by atoms with Crippen molar-refractivity contribution >= 4 is 15.4 Å². The van der Waals surface area contributed by atoms with E-state index < -0.39 is 9.84 Å². The number of sulfone groups is 1. The van der Waals surface area contributed by atoms with Crippen LogP contribution >= 0.6 is 0 Å². The fourth-order valence-corrected chi connectivity index (χ4v) is 3.05. The Bertz CT molecular complexity index is 674. The fourth-order valence-electron chi connectivity index (χ4n) is 1.86. The zero-order valence-corrected chi connectivity index (χ0v) is 11.8. The van der Waals surface area contributed by atoms with Gasteiger partial charge in [-0.1, -0.05) is 54.6 Å². The van der Waals surface area contributed by atoms with Gasteiger partial charge in [-0.2, -0.15) is 0 Å². The minimum atomic E-state index is -3.36. The van der Waals surface area contributed by atoms with Gasteiger partial charge in [0.1, 0.15) is 0 Å². The molecule has 0 heterocycles. The summed E-state index contributed by atoms with van der Waals surface area (Å²) in [4.78, 5) is 0.293. The van der Waals surface area contributed by atoms with Gasteiger partial charge >= 0.3 is 0 Å². The van der Waals surface area contributed by atoms with E-state index in [-0.39, 0.29) is 12.4 Å². The molecule has 0 saturated heterocycles. The summed E-state index contributed by atoms with van der Waals surface area (Å²) in [5.41, 5.74) is 1.45. The van der Waals surface area contributed by atoms with E-state index in [4.69, 9.17) is 0 Å². The van der Waals surface area contributed by atoms with Crippen LogP contribution < -0.4 is 0 Å². The monoisotopic (exact) mass is 288 g/mol. The summed E-state index contributed by atoms with van der Waals surface area (Å²) in [6, 6.07) is 17.6. The predicted octanol–water partition coefficient (Wildman–Crippen LogP) is 2.54. The normalized spacial score (nSPS) is 12.3. The first-order valence-electron chi connectivity index (χ1n) is 6.26. The van der Waals surface area contributed by atoms with E-state index in [0.717, 1.165) is 5.56 Å². The maximum absolute atomic E-state index is 12.2. The lowest BCUT2D eigenvalue weighted by Gasteiger charge is -2.05. The second kappa shape index (κ2) is 6.50. The van der Waals surface area contributed by atoms with E-state index in [1.165, 1.54) is 0 Å². The van der Waals surface area contributed by atoms with Gasteiger partial charge < -0.3 is 5.11 Å². The van der Waals surface area contributed by atoms with E-state index in [2.05, 4.69) is 0 Å². The van der Waals surface area contributed by atoms with Gasteiger partial charge in [-0.3, -0.25) is 0 Å². The van der Waals surface area contributed by atoms with Crippen molar-refractivity contribution in [3.05, 3.63) is 72.3 Å². The first kappa shape index (κ1) is 14.5. The Morgan fingerprint density at radius 3 is 2.05 bits per heavy atom. The summed E-state index contributed by atoms with van der Waals surface area (Å²) < 4.78 is 24.3. The standard InChI is InChI=1S/C16H16O3S/c17-13-15(14-7-3-1-4-8-14)11-12-20(18,19)16-9-5-2-6-10-16/h1-11,17H,12-13H2/b15-11+. The Hall–Kier alpha value is -1.91. The number of aliphatic hydroxyl groups excluding tert-OH is 1. The van der Waals surface area contributed by atoms with Gasteiger partial charge in [-0.15, -0.1) is 0 Å². The molecule has 0 aromatic heterocycles. The average Bonchev–Trinajstić information content (AvgIpc) is 2.50. The van der Waals surface area contributed by atoms with Crippen molar-refractivity contribution in [1.82, 2.24) is 0 Å². The van der Waals surface area contributed by atoms with E-state index in [1.54, 1.807) is 36.4 Å². The van der Waals surface area contributed by atoms with E-state index in [1.807, 2.05) is 30.3 Å². The molecule has 2 aromatic carbocycles. The highest BCUT2D eigenvalue weighted by Crippen LogP contribution is 2.16. The van der Waals surface area contributed by atoms with E-state index in [0.29, 0.717) is 10.5 Å².